The van der Waals surface area contributed by atoms with Gasteiger partial charge in [-0.1, -0.05) is 6.07 Å². The van der Waals surface area contributed by atoms with Gasteiger partial charge in [-0.05, 0) is 61.2 Å². The van der Waals surface area contributed by atoms with Crippen molar-refractivity contribution in [2.45, 2.75) is 49.7 Å². The molecule has 1 heterocycles. The number of allylic oxidation sites excluding steroid dienone is 2. The Morgan fingerprint density at radius 2 is 2.21 bits per heavy atom. The molecule has 2 amide bonds. The van der Waals surface area contributed by atoms with E-state index in [1.165, 1.54) is 5.56 Å². The molecule has 154 valence electrons. The highest BCUT2D eigenvalue weighted by Gasteiger charge is 2.62. The molecule has 1 aromatic rings. The molecule has 1 fully saturated rings. The van der Waals surface area contributed by atoms with Crippen LogP contribution in [0.5, 0.6) is 5.75 Å². The first-order chi connectivity index (χ1) is 13.8. The van der Waals surface area contributed by atoms with E-state index in [1.54, 1.807) is 20.1 Å². The van der Waals surface area contributed by atoms with Gasteiger partial charge >= 0.3 is 0 Å². The Kier molecular flexibility index (Phi) is 4.75. The Hall–Kier alpha value is -2.64. The van der Waals surface area contributed by atoms with E-state index in [0.29, 0.717) is 31.2 Å². The van der Waals surface area contributed by atoms with Gasteiger partial charge in [-0.15, -0.1) is 0 Å². The van der Waals surface area contributed by atoms with Crippen LogP contribution in [-0.4, -0.2) is 42.7 Å². The van der Waals surface area contributed by atoms with Gasteiger partial charge in [0, 0.05) is 35.6 Å². The maximum absolute atomic E-state index is 12.1. The fraction of sp³-hybridized carbons (Fsp3) is 0.455. The summed E-state index contributed by atoms with van der Waals surface area (Å²) in [5, 5.41) is 18.4. The molecule has 0 saturated carbocycles. The van der Waals surface area contributed by atoms with Crippen molar-refractivity contribution >= 4 is 12.3 Å². The third-order valence-corrected chi connectivity index (χ3v) is 6.94. The fourth-order valence-corrected chi connectivity index (χ4v) is 5.44. The van der Waals surface area contributed by atoms with Crippen molar-refractivity contribution < 1.29 is 19.4 Å². The number of hydrogen-bond acceptors (Lipinski definition) is 5. The molecule has 2 aliphatic carbocycles. The van der Waals surface area contributed by atoms with Gasteiger partial charge in [0.2, 0.25) is 12.3 Å². The van der Waals surface area contributed by atoms with E-state index in [4.69, 9.17) is 10.5 Å². The van der Waals surface area contributed by atoms with Gasteiger partial charge in [-0.3, -0.25) is 9.59 Å². The highest BCUT2D eigenvalue weighted by Crippen LogP contribution is 2.57. The number of hydrogen-bond donors (Lipinski definition) is 4. The molecule has 29 heavy (non-hydrogen) atoms. The number of fused-ring (bicyclic) bond motifs is 1. The van der Waals surface area contributed by atoms with Crippen molar-refractivity contribution in [1.82, 2.24) is 10.6 Å². The Morgan fingerprint density at radius 3 is 2.90 bits per heavy atom. The highest BCUT2D eigenvalue weighted by atomic mass is 16.5. The van der Waals surface area contributed by atoms with Crippen molar-refractivity contribution in [3.63, 3.8) is 0 Å². The van der Waals surface area contributed by atoms with Gasteiger partial charge < -0.3 is 26.2 Å². The molecule has 0 spiro atoms. The largest absolute Gasteiger partial charge is 0.497 e. The number of carbonyl (C=O) groups excluding carboxylic acids is 2. The Morgan fingerprint density at radius 1 is 1.41 bits per heavy atom. The van der Waals surface area contributed by atoms with E-state index in [1.807, 2.05) is 12.1 Å². The number of nitrogens with one attached hydrogen (secondary N) is 2. The van der Waals surface area contributed by atoms with Crippen LogP contribution in [0.1, 0.15) is 37.3 Å². The first-order valence-electron chi connectivity index (χ1n) is 9.88. The van der Waals surface area contributed by atoms with E-state index in [2.05, 4.69) is 16.7 Å². The molecule has 1 aromatic carbocycles. The Bertz CT molecular complexity index is 938. The number of carbonyl (C=O) groups is 2. The molecule has 1 aliphatic heterocycles. The second-order valence-electron chi connectivity index (χ2n) is 8.30. The number of amides is 2. The lowest BCUT2D eigenvalue weighted by atomic mass is 9.50. The second-order valence-corrected chi connectivity index (χ2v) is 8.30. The normalized spacial score (nSPS) is 30.9. The molecule has 3 aliphatic rings. The molecule has 0 aromatic heterocycles. The molecular weight excluding hydrogens is 370 g/mol. The number of nitrogens with two attached hydrogens (primary N) is 1. The van der Waals surface area contributed by atoms with Crippen LogP contribution in [0, 0.1) is 0 Å². The minimum Gasteiger partial charge on any atom is -0.497 e. The zero-order valence-corrected chi connectivity index (χ0v) is 16.7. The highest BCUT2D eigenvalue weighted by molar-refractivity contribution is 5.91. The number of ether oxygens (including phenoxy) is 1. The molecule has 7 nitrogen and oxygen atoms in total. The molecule has 0 radical (unpaired) electrons. The summed E-state index contributed by atoms with van der Waals surface area (Å²) in [5.41, 5.74) is 7.94. The summed E-state index contributed by atoms with van der Waals surface area (Å²) >= 11 is 0. The van der Waals surface area contributed by atoms with Gasteiger partial charge in [0.05, 0.1) is 12.7 Å². The molecule has 1 saturated heterocycles. The van der Waals surface area contributed by atoms with Gasteiger partial charge in [0.25, 0.3) is 0 Å². The average Bonchev–Trinajstić information content (AvgIpc) is 2.68. The van der Waals surface area contributed by atoms with Crippen molar-refractivity contribution in [3.8, 4) is 5.75 Å². The summed E-state index contributed by atoms with van der Waals surface area (Å²) in [6, 6.07) is 5.92. The number of piperidine rings is 1. The lowest BCUT2D eigenvalue weighted by Crippen LogP contribution is -2.72. The Labute approximate surface area is 170 Å². The van der Waals surface area contributed by atoms with E-state index >= 15 is 0 Å². The first kappa shape index (κ1) is 19.7. The standard InChI is InChI=1S/C22H27N3O4/c1-13(20(23)27)7-15-10-22(28)19-8-14-3-4-16(29-2)9-17(14)21(22,5-6-24-19)11-18(15)25-12-26/h3-4,7,9,12,19,24,28H,5-6,8,10-11H2,1-2H3,(H2,23,27)(H,25,26)/b13-7+. The van der Waals surface area contributed by atoms with Crippen LogP contribution in [0.2, 0.25) is 0 Å². The third-order valence-electron chi connectivity index (χ3n) is 6.94. The monoisotopic (exact) mass is 397 g/mol. The van der Waals surface area contributed by atoms with E-state index in [0.717, 1.165) is 35.5 Å². The molecular formula is C22H27N3O4. The van der Waals surface area contributed by atoms with Gasteiger partial charge in [-0.2, -0.15) is 0 Å². The topological polar surface area (TPSA) is 114 Å². The molecule has 4 rings (SSSR count). The molecule has 3 atom stereocenters. The second kappa shape index (κ2) is 7.00. The van der Waals surface area contributed by atoms with Crippen molar-refractivity contribution in [1.29, 1.82) is 0 Å². The minimum atomic E-state index is -1.05. The summed E-state index contributed by atoms with van der Waals surface area (Å²) in [7, 11) is 1.63. The zero-order chi connectivity index (χ0) is 20.8. The maximum atomic E-state index is 12.1. The first-order valence-corrected chi connectivity index (χ1v) is 9.88. The molecule has 3 unspecified atom stereocenters. The lowest BCUT2D eigenvalue weighted by Gasteiger charge is -2.61. The average molecular weight is 397 g/mol. The Balaban J connectivity index is 1.92. The van der Waals surface area contributed by atoms with Crippen molar-refractivity contribution in [2.24, 2.45) is 5.73 Å². The van der Waals surface area contributed by atoms with E-state index in [-0.39, 0.29) is 6.04 Å². The predicted octanol–water partition coefficient (Wildman–Crippen LogP) is 0.808. The van der Waals surface area contributed by atoms with Crippen LogP contribution in [-0.2, 0) is 21.4 Å². The molecule has 5 N–H and O–H groups in total. The summed E-state index contributed by atoms with van der Waals surface area (Å²) in [4.78, 5) is 22.9. The van der Waals surface area contributed by atoms with Gasteiger partial charge in [0.15, 0.2) is 0 Å². The van der Waals surface area contributed by atoms with Gasteiger partial charge in [-0.25, -0.2) is 0 Å². The van der Waals surface area contributed by atoms with Crippen molar-refractivity contribution in [3.05, 3.63) is 52.2 Å². The summed E-state index contributed by atoms with van der Waals surface area (Å²) in [5.74, 6) is 0.230. The van der Waals surface area contributed by atoms with E-state index < -0.39 is 16.9 Å². The fourth-order valence-electron chi connectivity index (χ4n) is 5.44. The molecule has 7 heteroatoms. The number of aliphatic hydroxyl groups is 1. The van der Waals surface area contributed by atoms with Crippen LogP contribution in [0.25, 0.3) is 0 Å². The molecule has 2 bridgehead atoms. The minimum absolute atomic E-state index is 0.118. The third kappa shape index (κ3) is 2.88. The van der Waals surface area contributed by atoms with Crippen LogP contribution < -0.4 is 21.1 Å². The number of primary amides is 1. The quantitative estimate of drug-likeness (QED) is 0.434. The lowest BCUT2D eigenvalue weighted by molar-refractivity contribution is -0.114. The van der Waals surface area contributed by atoms with Crippen LogP contribution in [0.4, 0.5) is 0 Å². The summed E-state index contributed by atoms with van der Waals surface area (Å²) < 4.78 is 5.46. The van der Waals surface area contributed by atoms with Gasteiger partial charge in [0.1, 0.15) is 5.75 Å². The summed E-state index contributed by atoms with van der Waals surface area (Å²) in [6.07, 6.45) is 4.57. The summed E-state index contributed by atoms with van der Waals surface area (Å²) in [6.45, 7) is 2.42. The SMILES string of the molecule is COc1ccc2c(c1)C13CCNC(C2)C1(O)CC(/C=C(\C)C(N)=O)=C(NC=O)C3. The van der Waals surface area contributed by atoms with Crippen LogP contribution >= 0.6 is 0 Å². The van der Waals surface area contributed by atoms with Crippen LogP contribution in [0.3, 0.4) is 0 Å². The van der Waals surface area contributed by atoms with Crippen LogP contribution in [0.15, 0.2) is 41.1 Å². The maximum Gasteiger partial charge on any atom is 0.244 e. The van der Waals surface area contributed by atoms with E-state index in [9.17, 15) is 14.7 Å². The number of benzene rings is 1. The smallest absolute Gasteiger partial charge is 0.244 e. The number of methoxy groups -OCH3 is 1. The predicted molar refractivity (Wildman–Crippen MR) is 108 cm³/mol. The van der Waals surface area contributed by atoms with Crippen molar-refractivity contribution in [2.75, 3.05) is 13.7 Å². The number of rotatable bonds is 5. The zero-order valence-electron chi connectivity index (χ0n) is 16.7.